The van der Waals surface area contributed by atoms with E-state index in [2.05, 4.69) is 10.3 Å². The summed E-state index contributed by atoms with van der Waals surface area (Å²) in [7, 11) is 1.81. The van der Waals surface area contributed by atoms with Crippen molar-refractivity contribution in [2.45, 2.75) is 20.0 Å². The SMILES string of the molecule is Cc1cc(C(C)O)c2cc(-c3ccc(F)cc3)c(-c3cnnn3C)nc2c1. The molecule has 0 aliphatic rings. The lowest BCUT2D eigenvalue weighted by Gasteiger charge is -2.15. The molecule has 4 rings (SSSR count). The van der Waals surface area contributed by atoms with Gasteiger partial charge in [0.1, 0.15) is 11.5 Å². The van der Waals surface area contributed by atoms with Crippen molar-refractivity contribution in [2.75, 3.05) is 0 Å². The van der Waals surface area contributed by atoms with E-state index in [-0.39, 0.29) is 5.82 Å². The number of hydrogen-bond donors (Lipinski definition) is 1. The summed E-state index contributed by atoms with van der Waals surface area (Å²) in [6.07, 6.45) is 1.03. The van der Waals surface area contributed by atoms with Gasteiger partial charge >= 0.3 is 0 Å². The highest BCUT2D eigenvalue weighted by Crippen LogP contribution is 2.35. The Labute approximate surface area is 156 Å². The van der Waals surface area contributed by atoms with Gasteiger partial charge in [0.2, 0.25) is 0 Å². The van der Waals surface area contributed by atoms with Crippen LogP contribution in [0, 0.1) is 12.7 Å². The molecule has 0 fully saturated rings. The minimum absolute atomic E-state index is 0.295. The maximum absolute atomic E-state index is 13.4. The predicted molar refractivity (Wildman–Crippen MR) is 103 cm³/mol. The van der Waals surface area contributed by atoms with Crippen LogP contribution in [-0.4, -0.2) is 25.1 Å². The fourth-order valence-electron chi connectivity index (χ4n) is 3.34. The van der Waals surface area contributed by atoms with Crippen LogP contribution in [0.1, 0.15) is 24.2 Å². The fraction of sp³-hybridized carbons (Fsp3) is 0.190. The first-order valence-electron chi connectivity index (χ1n) is 8.68. The van der Waals surface area contributed by atoms with Crippen LogP contribution in [0.15, 0.2) is 48.7 Å². The largest absolute Gasteiger partial charge is 0.389 e. The molecule has 0 aliphatic carbocycles. The number of aryl methyl sites for hydroxylation is 2. The van der Waals surface area contributed by atoms with Gasteiger partial charge in [-0.3, -0.25) is 0 Å². The van der Waals surface area contributed by atoms with Gasteiger partial charge in [-0.1, -0.05) is 23.4 Å². The number of fused-ring (bicyclic) bond motifs is 1. The van der Waals surface area contributed by atoms with Crippen LogP contribution >= 0.6 is 0 Å². The van der Waals surface area contributed by atoms with Crippen molar-refractivity contribution < 1.29 is 9.50 Å². The number of aliphatic hydroxyl groups is 1. The van der Waals surface area contributed by atoms with E-state index in [0.29, 0.717) is 5.69 Å². The van der Waals surface area contributed by atoms with Crippen molar-refractivity contribution in [3.63, 3.8) is 0 Å². The molecular weight excluding hydrogens is 343 g/mol. The highest BCUT2D eigenvalue weighted by Gasteiger charge is 2.17. The molecule has 5 nitrogen and oxygen atoms in total. The lowest BCUT2D eigenvalue weighted by molar-refractivity contribution is 0.201. The predicted octanol–water partition coefficient (Wildman–Crippen LogP) is 4.20. The molecule has 0 spiro atoms. The molecular formula is C21H19FN4O. The fourth-order valence-corrected chi connectivity index (χ4v) is 3.34. The lowest BCUT2D eigenvalue weighted by atomic mass is 9.95. The molecule has 0 amide bonds. The Bertz CT molecular complexity index is 1130. The summed E-state index contributed by atoms with van der Waals surface area (Å²) >= 11 is 0. The molecule has 1 N–H and O–H groups in total. The topological polar surface area (TPSA) is 63.8 Å². The third-order valence-electron chi connectivity index (χ3n) is 4.67. The van der Waals surface area contributed by atoms with Gasteiger partial charge < -0.3 is 5.11 Å². The van der Waals surface area contributed by atoms with Gasteiger partial charge in [-0.15, -0.1) is 5.10 Å². The average molecular weight is 362 g/mol. The smallest absolute Gasteiger partial charge is 0.123 e. The van der Waals surface area contributed by atoms with E-state index in [0.717, 1.165) is 38.9 Å². The molecule has 4 aromatic rings. The zero-order chi connectivity index (χ0) is 19.1. The van der Waals surface area contributed by atoms with Crippen molar-refractivity contribution in [1.82, 2.24) is 20.0 Å². The van der Waals surface area contributed by atoms with Crippen LogP contribution in [0.2, 0.25) is 0 Å². The van der Waals surface area contributed by atoms with Gasteiger partial charge in [-0.25, -0.2) is 14.1 Å². The second-order valence-corrected chi connectivity index (χ2v) is 6.73. The number of halogens is 1. The summed E-state index contributed by atoms with van der Waals surface area (Å²) in [6.45, 7) is 3.72. The standard InChI is InChI=1S/C21H19FN4O/c1-12-8-16(13(2)27)18-10-17(14-4-6-15(22)7-5-14)21(24-19(18)9-12)20-11-23-25-26(20)3/h4-11,13,27H,1-3H3. The van der Waals surface area contributed by atoms with Gasteiger partial charge in [-0.05, 0) is 54.8 Å². The Morgan fingerprint density at radius 1 is 1.11 bits per heavy atom. The van der Waals surface area contributed by atoms with Crippen molar-refractivity contribution >= 4 is 10.9 Å². The van der Waals surface area contributed by atoms with E-state index < -0.39 is 6.10 Å². The lowest BCUT2D eigenvalue weighted by Crippen LogP contribution is -2.01. The molecule has 0 saturated carbocycles. The molecule has 0 saturated heterocycles. The molecule has 0 aliphatic heterocycles. The summed E-state index contributed by atoms with van der Waals surface area (Å²) in [4.78, 5) is 4.88. The maximum Gasteiger partial charge on any atom is 0.123 e. The molecule has 0 bridgehead atoms. The van der Waals surface area contributed by atoms with E-state index in [1.54, 1.807) is 37.0 Å². The summed E-state index contributed by atoms with van der Waals surface area (Å²) in [6, 6.07) is 12.3. The number of benzene rings is 2. The molecule has 1 atom stereocenters. The van der Waals surface area contributed by atoms with Crippen LogP contribution in [0.3, 0.4) is 0 Å². The molecule has 136 valence electrons. The summed E-state index contributed by atoms with van der Waals surface area (Å²) in [5, 5.41) is 19.1. The molecule has 6 heteroatoms. The summed E-state index contributed by atoms with van der Waals surface area (Å²) < 4.78 is 15.1. The highest BCUT2D eigenvalue weighted by atomic mass is 19.1. The number of hydrogen-bond acceptors (Lipinski definition) is 4. The Hall–Kier alpha value is -3.12. The molecule has 2 aromatic carbocycles. The van der Waals surface area contributed by atoms with Crippen molar-refractivity contribution in [3.8, 4) is 22.5 Å². The Kier molecular flexibility index (Phi) is 4.20. The van der Waals surface area contributed by atoms with Gasteiger partial charge in [-0.2, -0.15) is 0 Å². The minimum atomic E-state index is -0.625. The van der Waals surface area contributed by atoms with Crippen LogP contribution < -0.4 is 0 Å². The highest BCUT2D eigenvalue weighted by molar-refractivity contribution is 5.93. The number of aliphatic hydroxyl groups excluding tert-OH is 1. The zero-order valence-electron chi connectivity index (χ0n) is 15.3. The normalized spacial score (nSPS) is 12.5. The van der Waals surface area contributed by atoms with Gasteiger partial charge in [0.15, 0.2) is 0 Å². The van der Waals surface area contributed by atoms with E-state index in [1.807, 2.05) is 25.1 Å². The molecule has 1 unspecified atom stereocenters. The molecule has 2 heterocycles. The first kappa shape index (κ1) is 17.3. The van der Waals surface area contributed by atoms with E-state index in [4.69, 9.17) is 4.98 Å². The Morgan fingerprint density at radius 2 is 1.85 bits per heavy atom. The monoisotopic (exact) mass is 362 g/mol. The van der Waals surface area contributed by atoms with Gasteiger partial charge in [0, 0.05) is 18.0 Å². The quantitative estimate of drug-likeness (QED) is 0.593. The van der Waals surface area contributed by atoms with Crippen molar-refractivity contribution in [2.24, 2.45) is 7.05 Å². The van der Waals surface area contributed by atoms with Crippen LogP contribution in [0.4, 0.5) is 4.39 Å². The number of pyridine rings is 1. The molecule has 2 aromatic heterocycles. The number of nitrogens with zero attached hydrogens (tertiary/aromatic N) is 4. The first-order chi connectivity index (χ1) is 12.9. The third kappa shape index (κ3) is 3.08. The Morgan fingerprint density at radius 3 is 2.48 bits per heavy atom. The number of aromatic nitrogens is 4. The third-order valence-corrected chi connectivity index (χ3v) is 4.67. The second-order valence-electron chi connectivity index (χ2n) is 6.73. The maximum atomic E-state index is 13.4. The van der Waals surface area contributed by atoms with Crippen LogP contribution in [0.25, 0.3) is 33.4 Å². The van der Waals surface area contributed by atoms with E-state index in [1.165, 1.54) is 12.1 Å². The van der Waals surface area contributed by atoms with E-state index >= 15 is 0 Å². The average Bonchev–Trinajstić information content (AvgIpc) is 3.06. The Balaban J connectivity index is 2.09. The van der Waals surface area contributed by atoms with Gasteiger partial charge in [0.25, 0.3) is 0 Å². The summed E-state index contributed by atoms with van der Waals surface area (Å²) in [5.74, 6) is -0.295. The zero-order valence-corrected chi connectivity index (χ0v) is 15.3. The van der Waals surface area contributed by atoms with Crippen LogP contribution in [0.5, 0.6) is 0 Å². The van der Waals surface area contributed by atoms with Gasteiger partial charge in [0.05, 0.1) is 23.5 Å². The minimum Gasteiger partial charge on any atom is -0.389 e. The van der Waals surface area contributed by atoms with E-state index in [9.17, 15) is 9.50 Å². The van der Waals surface area contributed by atoms with Crippen molar-refractivity contribution in [3.05, 3.63) is 65.6 Å². The van der Waals surface area contributed by atoms with Crippen LogP contribution in [-0.2, 0) is 7.05 Å². The van der Waals surface area contributed by atoms with Crippen molar-refractivity contribution in [1.29, 1.82) is 0 Å². The summed E-state index contributed by atoms with van der Waals surface area (Å²) in [5.41, 5.74) is 5.76. The first-order valence-corrected chi connectivity index (χ1v) is 8.68. The number of rotatable bonds is 3. The molecule has 0 radical (unpaired) electrons. The second kappa shape index (κ2) is 6.55. The molecule has 27 heavy (non-hydrogen) atoms.